The molecule has 252 valence electrons. The minimum absolute atomic E-state index is 0. The highest BCUT2D eigenvalue weighted by Crippen LogP contribution is 2.23. The Morgan fingerprint density at radius 3 is 2.70 bits per heavy atom. The third-order valence-corrected chi connectivity index (χ3v) is 7.93. The Hall–Kier alpha value is -3.72. The van der Waals surface area contributed by atoms with Crippen molar-refractivity contribution in [2.24, 2.45) is 11.7 Å². The van der Waals surface area contributed by atoms with Crippen LogP contribution in [0, 0.1) is 5.92 Å². The van der Waals surface area contributed by atoms with E-state index in [2.05, 4.69) is 44.7 Å². The summed E-state index contributed by atoms with van der Waals surface area (Å²) in [6, 6.07) is 5.47. The quantitative estimate of drug-likeness (QED) is 0.260. The summed E-state index contributed by atoms with van der Waals surface area (Å²) in [6.45, 7) is 4.95. The SMILES string of the molecule is CC(C)C[C@H](N)c1nc(C(=O)N2CCCCNC(=O)[C@H](Cc3cnc[nH]3)NC(=O)c3cccc(c3)OCCNC(=O)C2)cs1.Cl.Cl. The van der Waals surface area contributed by atoms with Crippen LogP contribution in [0.5, 0.6) is 5.75 Å². The number of aromatic amines is 1. The zero-order chi connectivity index (χ0) is 31.5. The molecule has 3 aromatic rings. The number of carbonyl (C=O) groups is 4. The van der Waals surface area contributed by atoms with Gasteiger partial charge in [0.25, 0.3) is 11.8 Å². The van der Waals surface area contributed by atoms with Crippen LogP contribution in [-0.2, 0) is 16.0 Å². The van der Waals surface area contributed by atoms with Gasteiger partial charge in [-0.05, 0) is 43.4 Å². The maximum absolute atomic E-state index is 13.4. The molecule has 3 heterocycles. The molecule has 0 saturated carbocycles. The zero-order valence-corrected chi connectivity index (χ0v) is 28.3. The molecule has 0 saturated heterocycles. The second-order valence-corrected chi connectivity index (χ2v) is 12.0. The van der Waals surface area contributed by atoms with Crippen molar-refractivity contribution in [3.63, 3.8) is 0 Å². The summed E-state index contributed by atoms with van der Waals surface area (Å²) in [5.41, 5.74) is 7.56. The fraction of sp³-hybridized carbons (Fsp3) is 0.467. The van der Waals surface area contributed by atoms with Gasteiger partial charge in [0.1, 0.15) is 29.1 Å². The lowest BCUT2D eigenvalue weighted by Crippen LogP contribution is -2.48. The number of halogens is 2. The standard InChI is InChI=1S/C30H40N8O5S.2ClH/c1-19(2)12-23(31)29-37-25(17-44-29)30(42)38-10-4-3-8-34-28(41)24(14-21-15-32-18-35-21)36-27(40)20-6-5-7-22(13-20)43-11-9-33-26(39)16-38;;/h5-7,13,15,17-19,23-24H,3-4,8-12,14,16,31H2,1-2H3,(H,32,35)(H,33,39)(H,34,41)(H,36,40);2*1H/t23-,24-;;/m0../s1. The number of hydrogen-bond donors (Lipinski definition) is 5. The average molecular weight is 698 g/mol. The van der Waals surface area contributed by atoms with Gasteiger partial charge in [-0.25, -0.2) is 9.97 Å². The molecule has 1 aliphatic heterocycles. The molecule has 0 fully saturated rings. The van der Waals surface area contributed by atoms with Crippen molar-refractivity contribution in [1.29, 1.82) is 0 Å². The van der Waals surface area contributed by atoms with E-state index in [0.29, 0.717) is 47.3 Å². The van der Waals surface area contributed by atoms with Gasteiger partial charge in [-0.3, -0.25) is 19.2 Å². The van der Waals surface area contributed by atoms with Gasteiger partial charge >= 0.3 is 0 Å². The summed E-state index contributed by atoms with van der Waals surface area (Å²) in [5, 5.41) is 10.9. The lowest BCUT2D eigenvalue weighted by atomic mass is 10.1. The number of rotatable bonds is 6. The largest absolute Gasteiger partial charge is 0.492 e. The van der Waals surface area contributed by atoms with Crippen LogP contribution in [0.15, 0.2) is 42.2 Å². The molecule has 2 bridgehead atoms. The minimum atomic E-state index is -0.851. The summed E-state index contributed by atoms with van der Waals surface area (Å²) in [6.07, 6.45) is 5.15. The Morgan fingerprint density at radius 2 is 1.96 bits per heavy atom. The lowest BCUT2D eigenvalue weighted by molar-refractivity contribution is -0.123. The molecule has 6 N–H and O–H groups in total. The number of amides is 4. The van der Waals surface area contributed by atoms with Crippen LogP contribution in [0.2, 0.25) is 0 Å². The van der Waals surface area contributed by atoms with Crippen molar-refractivity contribution in [1.82, 2.24) is 35.8 Å². The molecule has 1 aromatic carbocycles. The number of hydrogen-bond acceptors (Lipinski definition) is 9. The van der Waals surface area contributed by atoms with E-state index < -0.39 is 11.9 Å². The van der Waals surface area contributed by atoms with Crippen LogP contribution in [0.1, 0.15) is 70.7 Å². The van der Waals surface area contributed by atoms with Gasteiger partial charge in [-0.1, -0.05) is 19.9 Å². The molecular weight excluding hydrogens is 655 g/mol. The van der Waals surface area contributed by atoms with E-state index in [9.17, 15) is 19.2 Å². The van der Waals surface area contributed by atoms with E-state index in [4.69, 9.17) is 10.5 Å². The molecule has 2 atom stereocenters. The van der Waals surface area contributed by atoms with E-state index in [1.54, 1.807) is 35.8 Å². The fourth-order valence-electron chi connectivity index (χ4n) is 4.72. The maximum atomic E-state index is 13.4. The molecule has 4 amide bonds. The summed E-state index contributed by atoms with van der Waals surface area (Å²) >= 11 is 1.34. The summed E-state index contributed by atoms with van der Waals surface area (Å²) in [7, 11) is 0. The van der Waals surface area contributed by atoms with E-state index >= 15 is 0 Å². The molecule has 0 aliphatic carbocycles. The number of ether oxygens (including phenoxy) is 1. The highest BCUT2D eigenvalue weighted by molar-refractivity contribution is 7.09. The van der Waals surface area contributed by atoms with Gasteiger partial charge in [-0.2, -0.15) is 0 Å². The Bertz CT molecular complexity index is 1420. The molecule has 0 radical (unpaired) electrons. The molecule has 1 aliphatic rings. The molecule has 46 heavy (non-hydrogen) atoms. The van der Waals surface area contributed by atoms with Crippen LogP contribution < -0.4 is 26.4 Å². The van der Waals surface area contributed by atoms with E-state index in [1.165, 1.54) is 22.6 Å². The molecule has 2 aromatic heterocycles. The number of thiazole rings is 1. The van der Waals surface area contributed by atoms with Crippen molar-refractivity contribution in [3.8, 4) is 5.75 Å². The van der Waals surface area contributed by atoms with Crippen molar-refractivity contribution < 1.29 is 23.9 Å². The summed E-state index contributed by atoms with van der Waals surface area (Å²) < 4.78 is 5.75. The van der Waals surface area contributed by atoms with Crippen molar-refractivity contribution in [2.45, 2.75) is 51.6 Å². The van der Waals surface area contributed by atoms with Gasteiger partial charge in [0.2, 0.25) is 11.8 Å². The second kappa shape index (κ2) is 19.1. The first-order chi connectivity index (χ1) is 21.2. The van der Waals surface area contributed by atoms with Crippen LogP contribution >= 0.6 is 36.2 Å². The normalized spacial score (nSPS) is 17.4. The second-order valence-electron chi connectivity index (χ2n) is 11.1. The molecule has 13 nitrogen and oxygen atoms in total. The van der Waals surface area contributed by atoms with Crippen molar-refractivity contribution in [3.05, 3.63) is 64.1 Å². The Labute approximate surface area is 284 Å². The number of nitrogens with zero attached hydrogens (tertiary/aromatic N) is 3. The van der Waals surface area contributed by atoms with Crippen LogP contribution in [0.3, 0.4) is 0 Å². The first-order valence-electron chi connectivity index (χ1n) is 14.7. The Kier molecular flexibility index (Phi) is 15.9. The Morgan fingerprint density at radius 1 is 1.15 bits per heavy atom. The number of nitrogens with one attached hydrogen (secondary N) is 4. The average Bonchev–Trinajstić information content (AvgIpc) is 3.70. The third-order valence-electron chi connectivity index (χ3n) is 6.95. The number of nitrogens with two attached hydrogens (primary N) is 1. The van der Waals surface area contributed by atoms with Gasteiger partial charge < -0.3 is 36.3 Å². The summed E-state index contributed by atoms with van der Waals surface area (Å²) in [5.74, 6) is -0.646. The first kappa shape index (κ1) is 38.5. The third kappa shape index (κ3) is 11.6. The topological polar surface area (TPSA) is 184 Å². The first-order valence-corrected chi connectivity index (χ1v) is 15.6. The number of aromatic nitrogens is 3. The van der Waals surface area contributed by atoms with Gasteiger partial charge in [-0.15, -0.1) is 36.2 Å². The van der Waals surface area contributed by atoms with Crippen molar-refractivity contribution >= 4 is 59.8 Å². The zero-order valence-electron chi connectivity index (χ0n) is 25.8. The molecule has 0 spiro atoms. The number of carbonyl (C=O) groups excluding carboxylic acids is 4. The number of benzene rings is 1. The van der Waals surface area contributed by atoms with E-state index in [1.807, 2.05) is 0 Å². The van der Waals surface area contributed by atoms with Crippen LogP contribution in [0.4, 0.5) is 0 Å². The highest BCUT2D eigenvalue weighted by Gasteiger charge is 2.25. The predicted octanol–water partition coefficient (Wildman–Crippen LogP) is 2.64. The van der Waals surface area contributed by atoms with Crippen LogP contribution in [-0.4, -0.2) is 82.3 Å². The Balaban J connectivity index is 0.00000368. The number of fused-ring (bicyclic) bond motifs is 2. The number of H-pyrrole nitrogens is 1. The molecular formula is C30H42Cl2N8O5S. The van der Waals surface area contributed by atoms with E-state index in [-0.39, 0.29) is 86.9 Å². The minimum Gasteiger partial charge on any atom is -0.492 e. The molecule has 0 unspecified atom stereocenters. The fourth-order valence-corrected chi connectivity index (χ4v) is 5.53. The predicted molar refractivity (Wildman–Crippen MR) is 180 cm³/mol. The van der Waals surface area contributed by atoms with Gasteiger partial charge in [0, 0.05) is 42.3 Å². The van der Waals surface area contributed by atoms with Gasteiger partial charge in [0.05, 0.1) is 25.5 Å². The maximum Gasteiger partial charge on any atom is 0.273 e. The van der Waals surface area contributed by atoms with Crippen molar-refractivity contribution in [2.75, 3.05) is 32.8 Å². The number of imidazole rings is 1. The lowest BCUT2D eigenvalue weighted by Gasteiger charge is -2.22. The van der Waals surface area contributed by atoms with Crippen LogP contribution in [0.25, 0.3) is 0 Å². The smallest absolute Gasteiger partial charge is 0.273 e. The highest BCUT2D eigenvalue weighted by atomic mass is 35.5. The molecule has 16 heteroatoms. The monoisotopic (exact) mass is 696 g/mol. The van der Waals surface area contributed by atoms with Gasteiger partial charge in [0.15, 0.2) is 0 Å². The summed E-state index contributed by atoms with van der Waals surface area (Å²) in [4.78, 5) is 65.4. The van der Waals surface area contributed by atoms with E-state index in [0.717, 1.165) is 6.42 Å². The molecule has 4 rings (SSSR count).